The molecule has 0 radical (unpaired) electrons. The third-order valence-corrected chi connectivity index (χ3v) is 7.67. The Morgan fingerprint density at radius 1 is 0.909 bits per heavy atom. The van der Waals surface area contributed by atoms with E-state index in [1.807, 2.05) is 0 Å². The Balaban J connectivity index is 1.51. The summed E-state index contributed by atoms with van der Waals surface area (Å²) in [4.78, 5) is 27.2. The van der Waals surface area contributed by atoms with Crippen LogP contribution in [0.3, 0.4) is 0 Å². The van der Waals surface area contributed by atoms with Crippen molar-refractivity contribution in [2.75, 3.05) is 31.2 Å². The Morgan fingerprint density at radius 3 is 2.25 bits per heavy atom. The van der Waals surface area contributed by atoms with Crippen LogP contribution in [0.4, 0.5) is 5.69 Å². The van der Waals surface area contributed by atoms with Gasteiger partial charge in [0.15, 0.2) is 11.9 Å². The first kappa shape index (κ1) is 31.4. The number of nitrogens with zero attached hydrogens (tertiary/aromatic N) is 2. The summed E-state index contributed by atoms with van der Waals surface area (Å²) in [5.41, 5.74) is 2.46. The number of carbonyl (C=O) groups excluding carboxylic acids is 1. The fourth-order valence-corrected chi connectivity index (χ4v) is 5.37. The number of aliphatic hydroxyl groups is 5. The van der Waals surface area contributed by atoms with Gasteiger partial charge < -0.3 is 49.6 Å². The van der Waals surface area contributed by atoms with E-state index in [9.17, 15) is 40.2 Å². The van der Waals surface area contributed by atoms with Gasteiger partial charge in [0, 0.05) is 40.3 Å². The molecule has 5 rings (SSSR count). The van der Waals surface area contributed by atoms with Crippen molar-refractivity contribution in [3.05, 3.63) is 89.1 Å². The maximum Gasteiger partial charge on any atom is 0.335 e. The van der Waals surface area contributed by atoms with E-state index in [2.05, 4.69) is 0 Å². The normalized spacial score (nSPS) is 21.7. The molecule has 13 heteroatoms. The molecule has 0 spiro atoms. The predicted molar refractivity (Wildman–Crippen MR) is 159 cm³/mol. The van der Waals surface area contributed by atoms with Crippen LogP contribution in [-0.4, -0.2) is 104 Å². The first-order valence-electron chi connectivity index (χ1n) is 13.7. The summed E-state index contributed by atoms with van der Waals surface area (Å²) in [6.45, 7) is 0.458. The first-order chi connectivity index (χ1) is 21.1. The molecule has 0 bridgehead atoms. The number of hydrogen-bond donors (Lipinski definition) is 6. The molecule has 4 aromatic rings. The van der Waals surface area contributed by atoms with Gasteiger partial charge in [-0.1, -0.05) is 23.7 Å². The van der Waals surface area contributed by atoms with Crippen molar-refractivity contribution < 1.29 is 49.7 Å². The molecule has 5 atom stereocenters. The summed E-state index contributed by atoms with van der Waals surface area (Å²) in [6, 6.07) is 18.6. The summed E-state index contributed by atoms with van der Waals surface area (Å²) in [6.07, 6.45) is -7.44. The Labute approximate surface area is 256 Å². The highest BCUT2D eigenvalue weighted by atomic mass is 35.5. The molecule has 0 unspecified atom stereocenters. The third-order valence-electron chi connectivity index (χ3n) is 7.43. The predicted octanol–water partition coefficient (Wildman–Crippen LogP) is 1.58. The number of rotatable bonds is 11. The molecule has 0 aliphatic carbocycles. The molecule has 1 aliphatic rings. The average Bonchev–Trinajstić information content (AvgIpc) is 3.37. The number of halogens is 1. The summed E-state index contributed by atoms with van der Waals surface area (Å²) in [5.74, 6) is -1.70. The van der Waals surface area contributed by atoms with Gasteiger partial charge in [-0.05, 0) is 54.6 Å². The largest absolute Gasteiger partial charge is 0.479 e. The first-order valence-corrected chi connectivity index (χ1v) is 14.1. The van der Waals surface area contributed by atoms with Crippen molar-refractivity contribution >= 4 is 39.9 Å². The molecule has 0 amide bonds. The molecule has 12 nitrogen and oxygen atoms in total. The van der Waals surface area contributed by atoms with Gasteiger partial charge >= 0.3 is 5.97 Å². The minimum atomic E-state index is -1.87. The monoisotopic (exact) mass is 626 g/mol. The van der Waals surface area contributed by atoms with Gasteiger partial charge in [0.2, 0.25) is 6.29 Å². The lowest BCUT2D eigenvalue weighted by Gasteiger charge is -2.38. The lowest BCUT2D eigenvalue weighted by Crippen LogP contribution is -2.61. The average molecular weight is 627 g/mol. The minimum absolute atomic E-state index is 0.0941. The number of ether oxygens (including phenoxy) is 2. The summed E-state index contributed by atoms with van der Waals surface area (Å²) in [5, 5.41) is 59.8. The second kappa shape index (κ2) is 13.3. The third kappa shape index (κ3) is 6.14. The van der Waals surface area contributed by atoms with Crippen molar-refractivity contribution in [1.29, 1.82) is 0 Å². The van der Waals surface area contributed by atoms with Gasteiger partial charge in [0.25, 0.3) is 0 Å². The van der Waals surface area contributed by atoms with E-state index in [0.717, 1.165) is 5.69 Å². The van der Waals surface area contributed by atoms with Gasteiger partial charge in [-0.3, -0.25) is 4.79 Å². The maximum absolute atomic E-state index is 13.8. The van der Waals surface area contributed by atoms with Crippen LogP contribution >= 0.6 is 11.6 Å². The number of aliphatic hydroxyl groups excluding tert-OH is 5. The Morgan fingerprint density at radius 2 is 1.59 bits per heavy atom. The molecular formula is C31H31ClN2O10. The number of carboxylic acids is 1. The van der Waals surface area contributed by atoms with E-state index in [4.69, 9.17) is 21.1 Å². The van der Waals surface area contributed by atoms with Crippen LogP contribution in [0, 0.1) is 0 Å². The number of hydrogen-bond acceptors (Lipinski definition) is 10. The fraction of sp³-hybridized carbons (Fsp3) is 0.290. The number of benzene rings is 3. The zero-order chi connectivity index (χ0) is 31.5. The molecule has 1 aliphatic heterocycles. The number of aromatic nitrogens is 1. The number of ketones is 1. The van der Waals surface area contributed by atoms with E-state index >= 15 is 0 Å². The number of para-hydroxylation sites is 1. The van der Waals surface area contributed by atoms with Crippen LogP contribution in [0.5, 0.6) is 5.75 Å². The highest BCUT2D eigenvalue weighted by Crippen LogP contribution is 2.36. The van der Waals surface area contributed by atoms with Crippen LogP contribution in [0.2, 0.25) is 5.02 Å². The summed E-state index contributed by atoms with van der Waals surface area (Å²) >= 11 is 6.33. The summed E-state index contributed by atoms with van der Waals surface area (Å²) < 4.78 is 12.9. The SMILES string of the molecule is O=C(c1ccc(N(CCO)CCO)cc1)c1ccccc1-n1cc(O[C@@H]2O[C@H](C(=O)O)[C@@H](O)[C@H](O)[C@H]2O)c2ccc(Cl)cc21. The molecular weight excluding hydrogens is 596 g/mol. The van der Waals surface area contributed by atoms with E-state index in [1.54, 1.807) is 76.2 Å². The number of carbonyl (C=O) groups is 2. The fourth-order valence-electron chi connectivity index (χ4n) is 5.20. The second-order valence-electron chi connectivity index (χ2n) is 10.2. The van der Waals surface area contributed by atoms with Crippen LogP contribution in [-0.2, 0) is 9.53 Å². The zero-order valence-corrected chi connectivity index (χ0v) is 24.0. The van der Waals surface area contributed by atoms with E-state index in [0.29, 0.717) is 45.8 Å². The van der Waals surface area contributed by atoms with Gasteiger partial charge in [-0.2, -0.15) is 0 Å². The zero-order valence-electron chi connectivity index (χ0n) is 23.2. The maximum atomic E-state index is 13.8. The Hall–Kier alpha value is -4.01. The van der Waals surface area contributed by atoms with Crippen LogP contribution in [0.15, 0.2) is 72.9 Å². The van der Waals surface area contributed by atoms with E-state index in [1.165, 1.54) is 6.20 Å². The van der Waals surface area contributed by atoms with Crippen molar-refractivity contribution in [1.82, 2.24) is 4.57 Å². The number of anilines is 1. The molecule has 6 N–H and O–H groups in total. The number of fused-ring (bicyclic) bond motifs is 1. The number of aliphatic carboxylic acids is 1. The smallest absolute Gasteiger partial charge is 0.335 e. The van der Waals surface area contributed by atoms with Gasteiger partial charge in [-0.15, -0.1) is 0 Å². The molecule has 1 aromatic heterocycles. The lowest BCUT2D eigenvalue weighted by molar-refractivity contribution is -0.270. The second-order valence-corrected chi connectivity index (χ2v) is 10.6. The van der Waals surface area contributed by atoms with Crippen molar-refractivity contribution in [2.24, 2.45) is 0 Å². The van der Waals surface area contributed by atoms with E-state index in [-0.39, 0.29) is 24.7 Å². The molecule has 44 heavy (non-hydrogen) atoms. The van der Waals surface area contributed by atoms with Gasteiger partial charge in [0.1, 0.15) is 24.1 Å². The standard InChI is InChI=1S/C31H31ClN2O10/c32-18-7-10-20-23(15-18)34(16-24(20)43-31-28(40)26(38)27(39)29(44-31)30(41)42)22-4-2-1-3-21(22)25(37)17-5-8-19(9-6-17)33(11-13-35)12-14-36/h1-10,15-16,26-29,31,35-36,38-40H,11-14H2,(H,41,42)/t26-,27-,28+,29-,31+/m0/s1. The highest BCUT2D eigenvalue weighted by Gasteiger charge is 2.48. The van der Waals surface area contributed by atoms with Gasteiger partial charge in [-0.25, -0.2) is 4.79 Å². The topological polar surface area (TPSA) is 182 Å². The summed E-state index contributed by atoms with van der Waals surface area (Å²) in [7, 11) is 0. The molecule has 3 aromatic carbocycles. The quantitative estimate of drug-likeness (QED) is 0.133. The van der Waals surface area contributed by atoms with E-state index < -0.39 is 36.7 Å². The minimum Gasteiger partial charge on any atom is -0.479 e. The number of carboxylic acid groups (broad SMARTS) is 1. The van der Waals surface area contributed by atoms with Crippen LogP contribution in [0.25, 0.3) is 16.6 Å². The van der Waals surface area contributed by atoms with Crippen LogP contribution < -0.4 is 9.64 Å². The van der Waals surface area contributed by atoms with Crippen molar-refractivity contribution in [3.8, 4) is 11.4 Å². The Bertz CT molecular complexity index is 1640. The van der Waals surface area contributed by atoms with Crippen molar-refractivity contribution in [2.45, 2.75) is 30.7 Å². The molecule has 232 valence electrons. The Kier molecular flexibility index (Phi) is 9.51. The highest BCUT2D eigenvalue weighted by molar-refractivity contribution is 6.31. The lowest BCUT2D eigenvalue weighted by atomic mass is 9.99. The molecule has 2 heterocycles. The molecule has 1 fully saturated rings. The van der Waals surface area contributed by atoms with Crippen LogP contribution in [0.1, 0.15) is 15.9 Å². The molecule has 0 saturated carbocycles. The van der Waals surface area contributed by atoms with Crippen molar-refractivity contribution in [3.63, 3.8) is 0 Å². The molecule has 1 saturated heterocycles. The van der Waals surface area contributed by atoms with Gasteiger partial charge in [0.05, 0.1) is 30.6 Å².